The zero-order valence-electron chi connectivity index (χ0n) is 7.72. The van der Waals surface area contributed by atoms with Gasteiger partial charge in [-0.3, -0.25) is 0 Å². The molecule has 14 heavy (non-hydrogen) atoms. The molecule has 4 heteroatoms. The van der Waals surface area contributed by atoms with E-state index < -0.39 is 0 Å². The molecule has 0 aliphatic heterocycles. The second kappa shape index (κ2) is 3.57. The van der Waals surface area contributed by atoms with Gasteiger partial charge < -0.3 is 10.3 Å². The monoisotopic (exact) mass is 272 g/mol. The highest BCUT2D eigenvalue weighted by Gasteiger charge is 2.13. The van der Waals surface area contributed by atoms with Crippen molar-refractivity contribution in [1.82, 2.24) is 4.57 Å². The molecule has 1 heterocycles. The molecule has 0 saturated carbocycles. The van der Waals surface area contributed by atoms with Crippen LogP contribution in [0.1, 0.15) is 5.56 Å². The molecule has 0 aliphatic rings. The van der Waals surface area contributed by atoms with Gasteiger partial charge in [-0.2, -0.15) is 0 Å². The van der Waals surface area contributed by atoms with Crippen LogP contribution in [0, 0.1) is 0 Å². The van der Waals surface area contributed by atoms with E-state index in [1.165, 1.54) is 0 Å². The van der Waals surface area contributed by atoms with E-state index in [0.717, 1.165) is 26.1 Å². The summed E-state index contributed by atoms with van der Waals surface area (Å²) in [5.74, 6) is 0. The Morgan fingerprint density at radius 2 is 2.21 bits per heavy atom. The van der Waals surface area contributed by atoms with E-state index in [2.05, 4.69) is 15.9 Å². The minimum absolute atomic E-state index is 0.512. The lowest BCUT2D eigenvalue weighted by molar-refractivity contribution is 0.918. The van der Waals surface area contributed by atoms with E-state index >= 15 is 0 Å². The third-order valence-corrected chi connectivity index (χ3v) is 3.71. The van der Waals surface area contributed by atoms with Crippen LogP contribution in [-0.4, -0.2) is 4.57 Å². The van der Waals surface area contributed by atoms with Crippen LogP contribution < -0.4 is 5.73 Å². The highest BCUT2D eigenvalue weighted by atomic mass is 79.9. The predicted molar refractivity (Wildman–Crippen MR) is 63.5 cm³/mol. The fourth-order valence-corrected chi connectivity index (χ4v) is 2.56. The Hall–Kier alpha value is -0.510. The van der Waals surface area contributed by atoms with E-state index in [1.807, 2.05) is 29.8 Å². The molecule has 0 atom stereocenters. The van der Waals surface area contributed by atoms with Gasteiger partial charge in [0, 0.05) is 24.5 Å². The van der Waals surface area contributed by atoms with Gasteiger partial charge in [0.25, 0.3) is 0 Å². The number of hydrogen-bond donors (Lipinski definition) is 1. The smallest absolute Gasteiger partial charge is 0.0900 e. The quantitative estimate of drug-likeness (QED) is 0.850. The molecule has 0 bridgehead atoms. The number of para-hydroxylation sites is 1. The number of halogens is 2. The van der Waals surface area contributed by atoms with Crippen LogP contribution in [0.5, 0.6) is 0 Å². The minimum atomic E-state index is 0.512. The molecule has 0 saturated heterocycles. The Kier molecular flexibility index (Phi) is 2.56. The van der Waals surface area contributed by atoms with Crippen molar-refractivity contribution in [3.8, 4) is 0 Å². The molecule has 2 rings (SSSR count). The van der Waals surface area contributed by atoms with E-state index in [9.17, 15) is 0 Å². The first-order valence-corrected chi connectivity index (χ1v) is 5.45. The topological polar surface area (TPSA) is 30.9 Å². The summed E-state index contributed by atoms with van der Waals surface area (Å²) in [6.07, 6.45) is 0. The molecule has 0 unspecified atom stereocenters. The molecule has 0 radical (unpaired) electrons. The summed E-state index contributed by atoms with van der Waals surface area (Å²) in [6.45, 7) is 0.512. The maximum absolute atomic E-state index is 6.12. The van der Waals surface area contributed by atoms with Crippen molar-refractivity contribution >= 4 is 38.4 Å². The number of aromatic nitrogens is 1. The summed E-state index contributed by atoms with van der Waals surface area (Å²) in [5.41, 5.74) is 7.82. The molecule has 1 aromatic carbocycles. The van der Waals surface area contributed by atoms with Crippen molar-refractivity contribution in [3.63, 3.8) is 0 Å². The van der Waals surface area contributed by atoms with Crippen LogP contribution in [0.3, 0.4) is 0 Å². The second-order valence-electron chi connectivity index (χ2n) is 3.17. The van der Waals surface area contributed by atoms with Crippen LogP contribution in [0.2, 0.25) is 5.02 Å². The summed E-state index contributed by atoms with van der Waals surface area (Å²) >= 11 is 9.63. The van der Waals surface area contributed by atoms with Crippen molar-refractivity contribution in [3.05, 3.63) is 33.4 Å². The molecule has 2 aromatic rings. The third-order valence-electron chi connectivity index (χ3n) is 2.39. The lowest BCUT2D eigenvalue weighted by Crippen LogP contribution is -1.96. The van der Waals surface area contributed by atoms with Crippen molar-refractivity contribution in [2.24, 2.45) is 12.8 Å². The van der Waals surface area contributed by atoms with E-state index in [4.69, 9.17) is 17.3 Å². The molecule has 0 amide bonds. The van der Waals surface area contributed by atoms with Crippen LogP contribution in [0.25, 0.3) is 10.9 Å². The Bertz CT molecular complexity index is 490. The van der Waals surface area contributed by atoms with Gasteiger partial charge in [0.05, 0.1) is 15.1 Å². The number of nitrogens with zero attached hydrogens (tertiary/aromatic N) is 1. The second-order valence-corrected chi connectivity index (χ2v) is 4.33. The summed E-state index contributed by atoms with van der Waals surface area (Å²) in [4.78, 5) is 0. The predicted octanol–water partition coefficient (Wildman–Crippen LogP) is 3.05. The van der Waals surface area contributed by atoms with E-state index in [1.54, 1.807) is 0 Å². The average Bonchev–Trinajstić information content (AvgIpc) is 2.41. The Labute approximate surface area is 95.8 Å². The Morgan fingerprint density at radius 3 is 2.86 bits per heavy atom. The van der Waals surface area contributed by atoms with Gasteiger partial charge in [-0.25, -0.2) is 0 Å². The summed E-state index contributed by atoms with van der Waals surface area (Å²) in [5, 5.41) is 1.87. The van der Waals surface area contributed by atoms with Gasteiger partial charge >= 0.3 is 0 Å². The molecular formula is C10H10BrClN2. The molecule has 0 fully saturated rings. The van der Waals surface area contributed by atoms with Crippen molar-refractivity contribution in [2.45, 2.75) is 6.54 Å². The fourth-order valence-electron chi connectivity index (χ4n) is 1.71. The largest absolute Gasteiger partial charge is 0.337 e. The SMILES string of the molecule is Cn1c(Br)c(CN)c2cccc(Cl)c21. The lowest BCUT2D eigenvalue weighted by atomic mass is 10.2. The van der Waals surface area contributed by atoms with Crippen molar-refractivity contribution in [1.29, 1.82) is 0 Å². The van der Waals surface area contributed by atoms with Crippen LogP contribution in [-0.2, 0) is 13.6 Å². The third kappa shape index (κ3) is 1.28. The van der Waals surface area contributed by atoms with Gasteiger partial charge in [0.2, 0.25) is 0 Å². The zero-order valence-corrected chi connectivity index (χ0v) is 10.1. The molecule has 1 aromatic heterocycles. The van der Waals surface area contributed by atoms with Gasteiger partial charge in [0.15, 0.2) is 0 Å². The number of aryl methyl sites for hydroxylation is 1. The normalized spacial score (nSPS) is 11.1. The fraction of sp³-hybridized carbons (Fsp3) is 0.200. The molecule has 2 nitrogen and oxygen atoms in total. The number of hydrogen-bond acceptors (Lipinski definition) is 1. The Balaban J connectivity index is 2.95. The van der Waals surface area contributed by atoms with Gasteiger partial charge in [0.1, 0.15) is 0 Å². The van der Waals surface area contributed by atoms with Gasteiger partial charge in [-0.15, -0.1) is 0 Å². The summed E-state index contributed by atoms with van der Waals surface area (Å²) < 4.78 is 3.02. The standard InChI is InChI=1S/C10H10BrClN2/c1-14-9-6(3-2-4-8(9)12)7(5-13)10(14)11/h2-4H,5,13H2,1H3. The zero-order chi connectivity index (χ0) is 10.3. The molecule has 2 N–H and O–H groups in total. The molecular weight excluding hydrogens is 263 g/mol. The number of nitrogens with two attached hydrogens (primary N) is 1. The maximum Gasteiger partial charge on any atom is 0.0900 e. The average molecular weight is 274 g/mol. The van der Waals surface area contributed by atoms with E-state index in [-0.39, 0.29) is 0 Å². The van der Waals surface area contributed by atoms with Crippen molar-refractivity contribution in [2.75, 3.05) is 0 Å². The number of benzene rings is 1. The lowest BCUT2D eigenvalue weighted by Gasteiger charge is -1.98. The first-order valence-electron chi connectivity index (χ1n) is 4.28. The minimum Gasteiger partial charge on any atom is -0.337 e. The molecule has 0 spiro atoms. The van der Waals surface area contributed by atoms with Gasteiger partial charge in [-0.05, 0) is 22.0 Å². The Morgan fingerprint density at radius 1 is 1.50 bits per heavy atom. The molecule has 74 valence electrons. The van der Waals surface area contributed by atoms with Crippen LogP contribution in [0.15, 0.2) is 22.8 Å². The van der Waals surface area contributed by atoms with Crippen LogP contribution in [0.4, 0.5) is 0 Å². The first-order chi connectivity index (χ1) is 6.66. The summed E-state index contributed by atoms with van der Waals surface area (Å²) in [6, 6.07) is 5.86. The van der Waals surface area contributed by atoms with Gasteiger partial charge in [-0.1, -0.05) is 23.7 Å². The van der Waals surface area contributed by atoms with Crippen LogP contribution >= 0.6 is 27.5 Å². The first kappa shape index (κ1) is 10.0. The maximum atomic E-state index is 6.12. The molecule has 0 aliphatic carbocycles. The summed E-state index contributed by atoms with van der Waals surface area (Å²) in [7, 11) is 1.97. The van der Waals surface area contributed by atoms with Crippen molar-refractivity contribution < 1.29 is 0 Å². The highest BCUT2D eigenvalue weighted by molar-refractivity contribution is 9.10. The number of fused-ring (bicyclic) bond motifs is 1. The highest BCUT2D eigenvalue weighted by Crippen LogP contribution is 2.33. The van der Waals surface area contributed by atoms with E-state index in [0.29, 0.717) is 6.54 Å². The number of rotatable bonds is 1.